The van der Waals surface area contributed by atoms with Crippen LogP contribution >= 0.6 is 11.3 Å². The van der Waals surface area contributed by atoms with E-state index in [0.717, 1.165) is 11.6 Å². The van der Waals surface area contributed by atoms with Crippen molar-refractivity contribution in [2.24, 2.45) is 0 Å². The molecule has 2 N–H and O–H groups in total. The number of halogens is 1. The van der Waals surface area contributed by atoms with Crippen LogP contribution in [0.2, 0.25) is 0 Å². The van der Waals surface area contributed by atoms with Crippen molar-refractivity contribution in [3.63, 3.8) is 0 Å². The zero-order chi connectivity index (χ0) is 20.1. The maximum atomic E-state index is 13.8. The van der Waals surface area contributed by atoms with Crippen LogP contribution in [0, 0.1) is 5.82 Å². The van der Waals surface area contributed by atoms with Crippen LogP contribution in [-0.4, -0.2) is 20.4 Å². The minimum atomic E-state index is -4.03. The van der Waals surface area contributed by atoms with Crippen LogP contribution in [-0.2, 0) is 16.4 Å². The molecule has 0 saturated heterocycles. The number of benzene rings is 2. The topological polar surface area (TPSA) is 75.3 Å². The Morgan fingerprint density at radius 2 is 1.93 bits per heavy atom. The smallest absolute Gasteiger partial charge is 0.262 e. The van der Waals surface area contributed by atoms with Gasteiger partial charge >= 0.3 is 0 Å². The van der Waals surface area contributed by atoms with Crippen LogP contribution < -0.4 is 10.0 Å². The molecule has 1 atom stereocenters. The molecule has 8 heteroatoms. The largest absolute Gasteiger partial charge is 0.349 e. The molecule has 0 aliphatic rings. The third kappa shape index (κ3) is 4.96. The molecule has 0 fully saturated rings. The molecule has 3 rings (SSSR count). The maximum absolute atomic E-state index is 13.8. The SMILES string of the molecule is CC(Cc1ccsc1)NC(=O)c1cccc(S(=O)(=O)Nc2ccccc2F)c1. The summed E-state index contributed by atoms with van der Waals surface area (Å²) in [5.74, 6) is -1.05. The summed E-state index contributed by atoms with van der Waals surface area (Å²) < 4.78 is 41.1. The third-order valence-corrected chi connectivity index (χ3v) is 6.12. The second-order valence-corrected chi connectivity index (χ2v) is 8.79. The van der Waals surface area contributed by atoms with Gasteiger partial charge in [-0.05, 0) is 66.1 Å². The molecule has 1 unspecified atom stereocenters. The first-order valence-electron chi connectivity index (χ1n) is 8.54. The molecule has 0 spiro atoms. The molecule has 5 nitrogen and oxygen atoms in total. The molecule has 1 aromatic heterocycles. The van der Waals surface area contributed by atoms with Crippen molar-refractivity contribution < 1.29 is 17.6 Å². The number of thiophene rings is 1. The summed E-state index contributed by atoms with van der Waals surface area (Å²) in [6.45, 7) is 1.88. The molecule has 0 saturated carbocycles. The van der Waals surface area contributed by atoms with Gasteiger partial charge in [0.15, 0.2) is 0 Å². The van der Waals surface area contributed by atoms with Gasteiger partial charge in [0.25, 0.3) is 15.9 Å². The average Bonchev–Trinajstić information content (AvgIpc) is 3.16. The van der Waals surface area contributed by atoms with Crippen molar-refractivity contribution in [1.82, 2.24) is 5.32 Å². The van der Waals surface area contributed by atoms with Gasteiger partial charge in [-0.1, -0.05) is 18.2 Å². The number of para-hydroxylation sites is 1. The predicted octanol–water partition coefficient (Wildman–Crippen LogP) is 4.05. The van der Waals surface area contributed by atoms with Gasteiger partial charge in [-0.25, -0.2) is 12.8 Å². The number of carbonyl (C=O) groups is 1. The van der Waals surface area contributed by atoms with Crippen LogP contribution in [0.15, 0.2) is 70.3 Å². The molecule has 146 valence electrons. The van der Waals surface area contributed by atoms with E-state index in [-0.39, 0.29) is 28.1 Å². The summed E-state index contributed by atoms with van der Waals surface area (Å²) in [6.07, 6.45) is 0.683. The minimum Gasteiger partial charge on any atom is -0.349 e. The number of amides is 1. The molecule has 0 bridgehead atoms. The lowest BCUT2D eigenvalue weighted by atomic mass is 10.1. The molecule has 2 aromatic carbocycles. The molecule has 0 aliphatic carbocycles. The first-order chi connectivity index (χ1) is 13.3. The van der Waals surface area contributed by atoms with E-state index in [0.29, 0.717) is 6.42 Å². The molecule has 1 amide bonds. The predicted molar refractivity (Wildman–Crippen MR) is 109 cm³/mol. The Morgan fingerprint density at radius 3 is 2.64 bits per heavy atom. The van der Waals surface area contributed by atoms with E-state index in [2.05, 4.69) is 10.0 Å². The first kappa shape index (κ1) is 20.0. The van der Waals surface area contributed by atoms with Crippen molar-refractivity contribution in [1.29, 1.82) is 0 Å². The number of nitrogens with one attached hydrogen (secondary N) is 2. The lowest BCUT2D eigenvalue weighted by Gasteiger charge is -2.14. The van der Waals surface area contributed by atoms with E-state index in [4.69, 9.17) is 0 Å². The van der Waals surface area contributed by atoms with Crippen molar-refractivity contribution in [2.45, 2.75) is 24.3 Å². The van der Waals surface area contributed by atoms with E-state index in [1.807, 2.05) is 23.8 Å². The van der Waals surface area contributed by atoms with E-state index < -0.39 is 15.8 Å². The van der Waals surface area contributed by atoms with E-state index in [9.17, 15) is 17.6 Å². The van der Waals surface area contributed by atoms with E-state index in [1.54, 1.807) is 11.3 Å². The van der Waals surface area contributed by atoms with Gasteiger partial charge < -0.3 is 5.32 Å². The van der Waals surface area contributed by atoms with Gasteiger partial charge in [0.1, 0.15) is 5.82 Å². The fourth-order valence-electron chi connectivity index (χ4n) is 2.67. The normalized spacial score (nSPS) is 12.4. The standard InChI is InChI=1S/C20H19FN2O3S2/c1-14(11-15-9-10-27-13-15)22-20(24)16-5-4-6-17(12-16)28(25,26)23-19-8-3-2-7-18(19)21/h2-10,12-14,23H,11H2,1H3,(H,22,24). The minimum absolute atomic E-state index is 0.112. The summed E-state index contributed by atoms with van der Waals surface area (Å²) >= 11 is 1.59. The van der Waals surface area contributed by atoms with E-state index >= 15 is 0 Å². The van der Waals surface area contributed by atoms with Gasteiger partial charge in [0, 0.05) is 11.6 Å². The Kier molecular flexibility index (Phi) is 6.11. The lowest BCUT2D eigenvalue weighted by molar-refractivity contribution is 0.0940. The van der Waals surface area contributed by atoms with Crippen molar-refractivity contribution >= 4 is 33.0 Å². The number of rotatable bonds is 7. The van der Waals surface area contributed by atoms with Crippen molar-refractivity contribution in [2.75, 3.05) is 4.72 Å². The average molecular weight is 419 g/mol. The summed E-state index contributed by atoms with van der Waals surface area (Å²) in [5, 5.41) is 6.85. The highest BCUT2D eigenvalue weighted by molar-refractivity contribution is 7.92. The van der Waals surface area contributed by atoms with Gasteiger partial charge in [-0.3, -0.25) is 9.52 Å². The number of sulfonamides is 1. The molecule has 1 heterocycles. The fourth-order valence-corrected chi connectivity index (χ4v) is 4.47. The zero-order valence-corrected chi connectivity index (χ0v) is 16.7. The van der Waals surface area contributed by atoms with Gasteiger partial charge in [0.05, 0.1) is 10.6 Å². The van der Waals surface area contributed by atoms with E-state index in [1.165, 1.54) is 42.5 Å². The Hall–Kier alpha value is -2.71. The number of carbonyl (C=O) groups excluding carboxylic acids is 1. The quantitative estimate of drug-likeness (QED) is 0.608. The molecular formula is C20H19FN2O3S2. The summed E-state index contributed by atoms with van der Waals surface area (Å²) in [4.78, 5) is 12.4. The Balaban J connectivity index is 1.73. The lowest BCUT2D eigenvalue weighted by Crippen LogP contribution is -2.34. The number of anilines is 1. The highest BCUT2D eigenvalue weighted by Crippen LogP contribution is 2.19. The van der Waals surface area contributed by atoms with Crippen LogP contribution in [0.4, 0.5) is 10.1 Å². The first-order valence-corrected chi connectivity index (χ1v) is 11.0. The van der Waals surface area contributed by atoms with Crippen LogP contribution in [0.25, 0.3) is 0 Å². The van der Waals surface area contributed by atoms with Gasteiger partial charge in [0.2, 0.25) is 0 Å². The number of hydrogen-bond acceptors (Lipinski definition) is 4. The zero-order valence-electron chi connectivity index (χ0n) is 15.1. The Morgan fingerprint density at radius 1 is 1.14 bits per heavy atom. The summed E-state index contributed by atoms with van der Waals surface area (Å²) in [7, 11) is -4.03. The summed E-state index contributed by atoms with van der Waals surface area (Å²) in [6, 6.07) is 13.0. The van der Waals surface area contributed by atoms with Crippen molar-refractivity contribution in [3.8, 4) is 0 Å². The maximum Gasteiger partial charge on any atom is 0.262 e. The third-order valence-electron chi connectivity index (χ3n) is 4.02. The van der Waals surface area contributed by atoms with Gasteiger partial charge in [-0.15, -0.1) is 0 Å². The Bertz CT molecular complexity index is 1070. The van der Waals surface area contributed by atoms with Gasteiger partial charge in [-0.2, -0.15) is 11.3 Å². The molecule has 0 aliphatic heterocycles. The Labute approximate surface area is 167 Å². The monoisotopic (exact) mass is 418 g/mol. The van der Waals surface area contributed by atoms with Crippen LogP contribution in [0.3, 0.4) is 0 Å². The highest BCUT2D eigenvalue weighted by Gasteiger charge is 2.18. The second-order valence-electron chi connectivity index (χ2n) is 6.32. The van der Waals surface area contributed by atoms with Crippen molar-refractivity contribution in [3.05, 3.63) is 82.3 Å². The van der Waals surface area contributed by atoms with Crippen LogP contribution in [0.5, 0.6) is 0 Å². The van der Waals surface area contributed by atoms with Crippen LogP contribution in [0.1, 0.15) is 22.8 Å². The molecule has 28 heavy (non-hydrogen) atoms. The number of hydrogen-bond donors (Lipinski definition) is 2. The second kappa shape index (κ2) is 8.53. The molecule has 3 aromatic rings. The molecular weight excluding hydrogens is 399 g/mol. The molecule has 0 radical (unpaired) electrons. The summed E-state index contributed by atoms with van der Waals surface area (Å²) in [5.41, 5.74) is 1.19. The fraction of sp³-hybridized carbons (Fsp3) is 0.150. The highest BCUT2D eigenvalue weighted by atomic mass is 32.2.